The van der Waals surface area contributed by atoms with Crippen molar-refractivity contribution < 1.29 is 24.2 Å². The lowest BCUT2D eigenvalue weighted by atomic mass is 10.00. The molecule has 6 nitrogen and oxygen atoms in total. The van der Waals surface area contributed by atoms with Crippen LogP contribution in [0.3, 0.4) is 0 Å². The molecule has 0 aliphatic rings. The molecule has 0 amide bonds. The van der Waals surface area contributed by atoms with E-state index in [4.69, 9.17) is 14.6 Å². The molecule has 0 heterocycles. The van der Waals surface area contributed by atoms with Crippen LogP contribution in [0.5, 0.6) is 11.5 Å². The quantitative estimate of drug-likeness (QED) is 0.821. The Kier molecular flexibility index (Phi) is 5.08. The van der Waals surface area contributed by atoms with Gasteiger partial charge in [-0.15, -0.1) is 0 Å². The summed E-state index contributed by atoms with van der Waals surface area (Å²) in [5, 5.41) is 8.95. The van der Waals surface area contributed by atoms with Gasteiger partial charge in [-0.2, -0.15) is 0 Å². The maximum Gasteiger partial charge on any atom is 0.335 e. The molecular formula is C18H19NO5. The van der Waals surface area contributed by atoms with Crippen molar-refractivity contribution in [2.75, 3.05) is 33.2 Å². The number of ketones is 1. The minimum atomic E-state index is -1.04. The van der Waals surface area contributed by atoms with Gasteiger partial charge in [-0.3, -0.25) is 4.79 Å². The zero-order valence-electron chi connectivity index (χ0n) is 14.0. The fourth-order valence-corrected chi connectivity index (χ4v) is 2.30. The average molecular weight is 329 g/mol. The van der Waals surface area contributed by atoms with Crippen LogP contribution in [0.2, 0.25) is 0 Å². The zero-order chi connectivity index (χ0) is 17.9. The van der Waals surface area contributed by atoms with Crippen molar-refractivity contribution in [2.45, 2.75) is 0 Å². The van der Waals surface area contributed by atoms with E-state index in [0.717, 1.165) is 5.69 Å². The minimum Gasteiger partial charge on any atom is -0.493 e. The number of hydrogen-bond donors (Lipinski definition) is 1. The monoisotopic (exact) mass is 329 g/mol. The van der Waals surface area contributed by atoms with Gasteiger partial charge in [0.1, 0.15) is 0 Å². The Balaban J connectivity index is 2.54. The summed E-state index contributed by atoms with van der Waals surface area (Å²) < 4.78 is 10.7. The number of carbonyl (C=O) groups is 2. The van der Waals surface area contributed by atoms with Crippen LogP contribution >= 0.6 is 0 Å². The maximum absolute atomic E-state index is 12.8. The molecule has 0 fully saturated rings. The van der Waals surface area contributed by atoms with Crippen molar-refractivity contribution in [2.24, 2.45) is 0 Å². The van der Waals surface area contributed by atoms with Crippen molar-refractivity contribution in [3.8, 4) is 11.5 Å². The van der Waals surface area contributed by atoms with E-state index in [1.54, 1.807) is 12.1 Å². The molecule has 0 unspecified atom stereocenters. The highest BCUT2D eigenvalue weighted by molar-refractivity contribution is 6.12. The number of carboxylic acid groups (broad SMARTS) is 1. The van der Waals surface area contributed by atoms with E-state index in [-0.39, 0.29) is 11.3 Å². The molecule has 2 rings (SSSR count). The van der Waals surface area contributed by atoms with Crippen LogP contribution < -0.4 is 14.4 Å². The first-order valence-electron chi connectivity index (χ1n) is 7.20. The van der Waals surface area contributed by atoms with E-state index in [1.165, 1.54) is 38.5 Å². The van der Waals surface area contributed by atoms with E-state index in [1.807, 2.05) is 19.0 Å². The van der Waals surface area contributed by atoms with Crippen LogP contribution in [0, 0.1) is 0 Å². The van der Waals surface area contributed by atoms with Gasteiger partial charge in [0, 0.05) is 31.4 Å². The number of hydrogen-bond acceptors (Lipinski definition) is 5. The van der Waals surface area contributed by atoms with Gasteiger partial charge in [-0.1, -0.05) is 12.1 Å². The molecule has 24 heavy (non-hydrogen) atoms. The minimum absolute atomic E-state index is 0.123. The fourth-order valence-electron chi connectivity index (χ4n) is 2.30. The summed E-state index contributed by atoms with van der Waals surface area (Å²) in [6, 6.07) is 9.27. The summed E-state index contributed by atoms with van der Waals surface area (Å²) >= 11 is 0. The summed E-state index contributed by atoms with van der Waals surface area (Å²) in [6.07, 6.45) is 0. The second kappa shape index (κ2) is 7.04. The van der Waals surface area contributed by atoms with Crippen molar-refractivity contribution in [3.05, 3.63) is 53.1 Å². The standard InChI is InChI=1S/C18H19NO5/c1-19(2)13-9-14(17(24-4)15(10-13)23-3)16(20)11-5-7-12(8-6-11)18(21)22/h5-10H,1-4H3,(H,21,22). The Labute approximate surface area is 140 Å². The third-order valence-electron chi connectivity index (χ3n) is 3.62. The number of rotatable bonds is 6. The molecule has 0 aromatic heterocycles. The topological polar surface area (TPSA) is 76.1 Å². The molecule has 0 spiro atoms. The van der Waals surface area contributed by atoms with Crippen LogP contribution in [0.15, 0.2) is 36.4 Å². The molecule has 0 saturated carbocycles. The van der Waals surface area contributed by atoms with Gasteiger partial charge < -0.3 is 19.5 Å². The Morgan fingerprint density at radius 1 is 0.958 bits per heavy atom. The highest BCUT2D eigenvalue weighted by Gasteiger charge is 2.20. The SMILES string of the molecule is COc1cc(N(C)C)cc(C(=O)c2ccc(C(=O)O)cc2)c1OC. The van der Waals surface area contributed by atoms with Crippen molar-refractivity contribution in [1.29, 1.82) is 0 Å². The van der Waals surface area contributed by atoms with Gasteiger partial charge in [-0.25, -0.2) is 4.79 Å². The molecule has 6 heteroatoms. The number of benzene rings is 2. The number of anilines is 1. The zero-order valence-corrected chi connectivity index (χ0v) is 14.0. The normalized spacial score (nSPS) is 10.2. The third-order valence-corrected chi connectivity index (χ3v) is 3.62. The summed E-state index contributed by atoms with van der Waals surface area (Å²) in [5.74, 6) is -0.516. The van der Waals surface area contributed by atoms with Crippen LogP contribution in [-0.2, 0) is 0 Å². The largest absolute Gasteiger partial charge is 0.493 e. The van der Waals surface area contributed by atoms with Crippen LogP contribution in [0.4, 0.5) is 5.69 Å². The van der Waals surface area contributed by atoms with Crippen LogP contribution in [0.25, 0.3) is 0 Å². The number of methoxy groups -OCH3 is 2. The Morgan fingerprint density at radius 2 is 1.54 bits per heavy atom. The second-order valence-electron chi connectivity index (χ2n) is 5.33. The molecule has 2 aromatic carbocycles. The van der Waals surface area contributed by atoms with Crippen molar-refractivity contribution in [1.82, 2.24) is 0 Å². The van der Waals surface area contributed by atoms with E-state index >= 15 is 0 Å². The lowest BCUT2D eigenvalue weighted by molar-refractivity contribution is 0.0696. The molecule has 126 valence electrons. The predicted octanol–water partition coefficient (Wildman–Crippen LogP) is 2.70. The van der Waals surface area contributed by atoms with E-state index in [9.17, 15) is 9.59 Å². The molecule has 1 N–H and O–H groups in total. The van der Waals surface area contributed by atoms with Gasteiger partial charge in [-0.05, 0) is 18.2 Å². The summed E-state index contributed by atoms with van der Waals surface area (Å²) in [4.78, 5) is 25.6. The molecule has 0 aliphatic carbocycles. The first-order valence-corrected chi connectivity index (χ1v) is 7.20. The Hall–Kier alpha value is -3.02. The summed E-state index contributed by atoms with van der Waals surface area (Å²) in [7, 11) is 6.69. The van der Waals surface area contributed by atoms with Gasteiger partial charge in [0.25, 0.3) is 0 Å². The molecule has 0 radical (unpaired) electrons. The first kappa shape index (κ1) is 17.3. The predicted molar refractivity (Wildman–Crippen MR) is 90.7 cm³/mol. The van der Waals surface area contributed by atoms with Gasteiger partial charge in [0.2, 0.25) is 0 Å². The lowest BCUT2D eigenvalue weighted by Crippen LogP contribution is -2.12. The second-order valence-corrected chi connectivity index (χ2v) is 5.33. The molecule has 0 saturated heterocycles. The van der Waals surface area contributed by atoms with Gasteiger partial charge >= 0.3 is 5.97 Å². The summed E-state index contributed by atoms with van der Waals surface area (Å²) in [5.41, 5.74) is 1.64. The third kappa shape index (κ3) is 3.32. The average Bonchev–Trinajstić information content (AvgIpc) is 2.59. The number of nitrogens with zero attached hydrogens (tertiary/aromatic N) is 1. The van der Waals surface area contributed by atoms with E-state index < -0.39 is 5.97 Å². The molecule has 0 bridgehead atoms. The number of carbonyl (C=O) groups excluding carboxylic acids is 1. The number of aromatic carboxylic acids is 1. The van der Waals surface area contributed by atoms with Crippen LogP contribution in [0.1, 0.15) is 26.3 Å². The maximum atomic E-state index is 12.8. The Bertz CT molecular complexity index is 766. The summed E-state index contributed by atoms with van der Waals surface area (Å²) in [6.45, 7) is 0. The highest BCUT2D eigenvalue weighted by atomic mass is 16.5. The molecule has 2 aromatic rings. The Morgan fingerprint density at radius 3 is 2.00 bits per heavy atom. The molecule has 0 atom stereocenters. The van der Waals surface area contributed by atoms with Crippen LogP contribution in [-0.4, -0.2) is 45.2 Å². The van der Waals surface area contributed by atoms with Crippen molar-refractivity contribution >= 4 is 17.4 Å². The van der Waals surface area contributed by atoms with Gasteiger partial charge in [0.15, 0.2) is 17.3 Å². The van der Waals surface area contributed by atoms with E-state index in [0.29, 0.717) is 22.6 Å². The van der Waals surface area contributed by atoms with E-state index in [2.05, 4.69) is 0 Å². The van der Waals surface area contributed by atoms with Crippen molar-refractivity contribution in [3.63, 3.8) is 0 Å². The lowest BCUT2D eigenvalue weighted by Gasteiger charge is -2.18. The molecule has 0 aliphatic heterocycles. The number of ether oxygens (including phenoxy) is 2. The van der Waals surface area contributed by atoms with Gasteiger partial charge in [0.05, 0.1) is 25.3 Å². The first-order chi connectivity index (χ1) is 11.4. The number of carboxylic acids is 1. The highest BCUT2D eigenvalue weighted by Crippen LogP contribution is 2.36. The smallest absolute Gasteiger partial charge is 0.335 e. The molecular weight excluding hydrogens is 310 g/mol. The fraction of sp³-hybridized carbons (Fsp3) is 0.222.